The van der Waals surface area contributed by atoms with Gasteiger partial charge in [0.25, 0.3) is 0 Å². The van der Waals surface area contributed by atoms with Gasteiger partial charge in [-0.1, -0.05) is 26.2 Å². The molecule has 1 atom stereocenters. The number of carbonyl (C=O) groups excluding carboxylic acids is 1. The van der Waals surface area contributed by atoms with Gasteiger partial charge in [-0.05, 0) is 48.2 Å². The van der Waals surface area contributed by atoms with E-state index in [-0.39, 0.29) is 0 Å². The van der Waals surface area contributed by atoms with Crippen LogP contribution in [-0.2, 0) is 4.79 Å². The SMILES string of the molecule is CCCCCC(C)Nc1ncc2c(Br)cc(C3CCC(=O)CC3)n2n1. The number of nitrogens with zero attached hydrogens (tertiary/aromatic N) is 3. The fourth-order valence-electron chi connectivity index (χ4n) is 3.56. The summed E-state index contributed by atoms with van der Waals surface area (Å²) in [5.41, 5.74) is 2.16. The molecule has 6 heteroatoms. The van der Waals surface area contributed by atoms with E-state index in [4.69, 9.17) is 5.10 Å². The molecule has 25 heavy (non-hydrogen) atoms. The molecule has 3 rings (SSSR count). The molecule has 2 aromatic rings. The van der Waals surface area contributed by atoms with Crippen molar-refractivity contribution in [2.75, 3.05) is 5.32 Å². The number of aromatic nitrogens is 3. The van der Waals surface area contributed by atoms with Crippen LogP contribution in [0, 0.1) is 0 Å². The number of unbranched alkanes of at least 4 members (excludes halogenated alkanes) is 2. The highest BCUT2D eigenvalue weighted by molar-refractivity contribution is 9.10. The Morgan fingerprint density at radius 2 is 2.12 bits per heavy atom. The van der Waals surface area contributed by atoms with Gasteiger partial charge in [0, 0.05) is 35.0 Å². The normalized spacial score (nSPS) is 17.2. The number of rotatable bonds is 7. The smallest absolute Gasteiger partial charge is 0.241 e. The van der Waals surface area contributed by atoms with E-state index in [1.54, 1.807) is 0 Å². The Morgan fingerprint density at radius 1 is 1.36 bits per heavy atom. The zero-order valence-corrected chi connectivity index (χ0v) is 16.7. The number of halogens is 1. The Balaban J connectivity index is 1.78. The molecule has 5 nitrogen and oxygen atoms in total. The topological polar surface area (TPSA) is 59.3 Å². The largest absolute Gasteiger partial charge is 0.351 e. The van der Waals surface area contributed by atoms with Crippen LogP contribution in [-0.4, -0.2) is 26.4 Å². The Morgan fingerprint density at radius 3 is 2.84 bits per heavy atom. The van der Waals surface area contributed by atoms with E-state index in [1.807, 2.05) is 10.7 Å². The summed E-state index contributed by atoms with van der Waals surface area (Å²) in [5.74, 6) is 1.45. The van der Waals surface area contributed by atoms with Crippen LogP contribution in [0.4, 0.5) is 5.95 Å². The highest BCUT2D eigenvalue weighted by Crippen LogP contribution is 2.34. The third-order valence-corrected chi connectivity index (χ3v) is 5.71. The summed E-state index contributed by atoms with van der Waals surface area (Å²) in [4.78, 5) is 16.0. The molecule has 0 aliphatic heterocycles. The van der Waals surface area contributed by atoms with Crippen molar-refractivity contribution in [1.82, 2.24) is 14.6 Å². The van der Waals surface area contributed by atoms with Crippen molar-refractivity contribution in [2.24, 2.45) is 0 Å². The van der Waals surface area contributed by atoms with E-state index in [9.17, 15) is 4.79 Å². The Kier molecular flexibility index (Phi) is 6.10. The second-order valence-electron chi connectivity index (χ2n) is 7.15. The molecular weight excluding hydrogens is 380 g/mol. The average molecular weight is 407 g/mol. The van der Waals surface area contributed by atoms with Crippen molar-refractivity contribution in [2.45, 2.75) is 77.2 Å². The predicted molar refractivity (Wildman–Crippen MR) is 104 cm³/mol. The molecule has 1 fully saturated rings. The number of nitrogens with one attached hydrogen (secondary N) is 1. The van der Waals surface area contributed by atoms with Gasteiger partial charge in [-0.15, -0.1) is 5.10 Å². The molecule has 0 radical (unpaired) electrons. The van der Waals surface area contributed by atoms with E-state index < -0.39 is 0 Å². The summed E-state index contributed by atoms with van der Waals surface area (Å²) in [6.07, 6.45) is 9.91. The van der Waals surface area contributed by atoms with Gasteiger partial charge in [0.05, 0.1) is 11.7 Å². The van der Waals surface area contributed by atoms with Gasteiger partial charge in [0.15, 0.2) is 0 Å². The maximum Gasteiger partial charge on any atom is 0.241 e. The monoisotopic (exact) mass is 406 g/mol. The quantitative estimate of drug-likeness (QED) is 0.649. The molecule has 1 aliphatic carbocycles. The van der Waals surface area contributed by atoms with Crippen molar-refractivity contribution in [1.29, 1.82) is 0 Å². The van der Waals surface area contributed by atoms with E-state index in [0.717, 1.165) is 29.3 Å². The van der Waals surface area contributed by atoms with E-state index in [1.165, 1.54) is 25.0 Å². The van der Waals surface area contributed by atoms with Crippen LogP contribution in [0.25, 0.3) is 5.52 Å². The van der Waals surface area contributed by atoms with Crippen LogP contribution >= 0.6 is 15.9 Å². The molecule has 2 heterocycles. The molecule has 1 aliphatic rings. The Labute approximate surface area is 157 Å². The van der Waals surface area contributed by atoms with E-state index in [0.29, 0.717) is 36.5 Å². The fraction of sp³-hybridized carbons (Fsp3) is 0.632. The predicted octanol–water partition coefficient (Wildman–Crippen LogP) is 5.10. The molecule has 0 saturated heterocycles. The molecule has 1 N–H and O–H groups in total. The van der Waals surface area contributed by atoms with Crippen molar-refractivity contribution in [3.8, 4) is 0 Å². The number of fused-ring (bicyclic) bond motifs is 1. The second kappa shape index (κ2) is 8.30. The van der Waals surface area contributed by atoms with Crippen LogP contribution in [0.15, 0.2) is 16.7 Å². The van der Waals surface area contributed by atoms with Gasteiger partial charge in [-0.2, -0.15) is 0 Å². The molecule has 1 unspecified atom stereocenters. The van der Waals surface area contributed by atoms with Gasteiger partial charge in [-0.3, -0.25) is 4.79 Å². The highest BCUT2D eigenvalue weighted by atomic mass is 79.9. The van der Waals surface area contributed by atoms with E-state index >= 15 is 0 Å². The number of carbonyl (C=O) groups is 1. The summed E-state index contributed by atoms with van der Waals surface area (Å²) in [6, 6.07) is 2.50. The molecule has 2 aromatic heterocycles. The first kappa shape index (κ1) is 18.4. The zero-order valence-electron chi connectivity index (χ0n) is 15.1. The zero-order chi connectivity index (χ0) is 17.8. The van der Waals surface area contributed by atoms with Crippen LogP contribution in [0.3, 0.4) is 0 Å². The minimum atomic E-state index is 0.360. The average Bonchev–Trinajstić information content (AvgIpc) is 2.92. The number of ketones is 1. The van der Waals surface area contributed by atoms with Gasteiger partial charge in [-0.25, -0.2) is 9.50 Å². The minimum absolute atomic E-state index is 0.360. The van der Waals surface area contributed by atoms with Crippen LogP contribution < -0.4 is 5.32 Å². The van der Waals surface area contributed by atoms with Gasteiger partial charge < -0.3 is 5.32 Å². The molecule has 1 saturated carbocycles. The number of hydrogen-bond acceptors (Lipinski definition) is 4. The Bertz CT molecular complexity index is 732. The summed E-state index contributed by atoms with van der Waals surface area (Å²) in [5, 5.41) is 8.16. The van der Waals surface area contributed by atoms with Crippen molar-refractivity contribution >= 4 is 33.2 Å². The molecule has 0 amide bonds. The maximum atomic E-state index is 11.5. The fourth-order valence-corrected chi connectivity index (χ4v) is 4.07. The van der Waals surface area contributed by atoms with Crippen LogP contribution in [0.1, 0.15) is 76.8 Å². The third kappa shape index (κ3) is 4.40. The third-order valence-electron chi connectivity index (χ3n) is 5.07. The minimum Gasteiger partial charge on any atom is -0.351 e. The standard InChI is InChI=1S/C19H27BrN4O/c1-3-4-5-6-13(2)22-19-21-12-18-16(20)11-17(24(18)23-19)14-7-9-15(25)10-8-14/h11-14H,3-10H2,1-2H3,(H,22,23). The summed E-state index contributed by atoms with van der Waals surface area (Å²) >= 11 is 3.63. The van der Waals surface area contributed by atoms with Gasteiger partial charge >= 0.3 is 0 Å². The van der Waals surface area contributed by atoms with E-state index in [2.05, 4.69) is 46.1 Å². The lowest BCUT2D eigenvalue weighted by Crippen LogP contribution is -2.19. The number of anilines is 1. The van der Waals surface area contributed by atoms with Crippen LogP contribution in [0.2, 0.25) is 0 Å². The lowest BCUT2D eigenvalue weighted by Gasteiger charge is -2.20. The van der Waals surface area contributed by atoms with Gasteiger partial charge in [0.2, 0.25) is 5.95 Å². The first-order valence-corrected chi connectivity index (χ1v) is 10.2. The van der Waals surface area contributed by atoms with Crippen molar-refractivity contribution in [3.05, 3.63) is 22.4 Å². The number of hydrogen-bond donors (Lipinski definition) is 1. The highest BCUT2D eigenvalue weighted by Gasteiger charge is 2.24. The molecule has 0 bridgehead atoms. The van der Waals surface area contributed by atoms with Crippen molar-refractivity contribution < 1.29 is 4.79 Å². The molecule has 136 valence electrons. The first-order valence-electron chi connectivity index (χ1n) is 9.41. The molecule has 0 aromatic carbocycles. The first-order chi connectivity index (χ1) is 12.1. The van der Waals surface area contributed by atoms with Crippen LogP contribution in [0.5, 0.6) is 0 Å². The maximum absolute atomic E-state index is 11.5. The summed E-state index contributed by atoms with van der Waals surface area (Å²) in [6.45, 7) is 4.40. The second-order valence-corrected chi connectivity index (χ2v) is 8.00. The van der Waals surface area contributed by atoms with Gasteiger partial charge in [0.1, 0.15) is 5.78 Å². The Hall–Kier alpha value is -1.43. The van der Waals surface area contributed by atoms with Crippen molar-refractivity contribution in [3.63, 3.8) is 0 Å². The summed E-state index contributed by atoms with van der Waals surface area (Å²) < 4.78 is 3.01. The lowest BCUT2D eigenvalue weighted by molar-refractivity contribution is -0.120. The molecular formula is C19H27BrN4O. The summed E-state index contributed by atoms with van der Waals surface area (Å²) in [7, 11) is 0. The lowest BCUT2D eigenvalue weighted by atomic mass is 9.86. The number of Topliss-reactive ketones (excluding diaryl/α,β-unsaturated/α-hetero) is 1. The molecule has 0 spiro atoms.